The van der Waals surface area contributed by atoms with Crippen molar-refractivity contribution < 1.29 is 9.53 Å². The van der Waals surface area contributed by atoms with Gasteiger partial charge in [-0.1, -0.05) is 20.8 Å². The molecule has 1 amide bonds. The van der Waals surface area contributed by atoms with Crippen LogP contribution in [0.4, 0.5) is 0 Å². The molecule has 0 aliphatic heterocycles. The highest BCUT2D eigenvalue weighted by molar-refractivity contribution is 5.82. The average Bonchev–Trinajstić information content (AvgIpc) is 2.15. The van der Waals surface area contributed by atoms with E-state index in [4.69, 9.17) is 10.5 Å². The normalized spacial score (nSPS) is 14.0. The second-order valence-corrected chi connectivity index (χ2v) is 5.46. The second kappa shape index (κ2) is 6.21. The highest BCUT2D eigenvalue weighted by atomic mass is 16.5. The Morgan fingerprint density at radius 2 is 1.88 bits per heavy atom. The van der Waals surface area contributed by atoms with Crippen LogP contribution in [0.15, 0.2) is 0 Å². The first-order valence-corrected chi connectivity index (χ1v) is 5.76. The van der Waals surface area contributed by atoms with E-state index in [1.807, 2.05) is 34.6 Å². The molecule has 0 unspecified atom stereocenters. The molecule has 0 saturated carbocycles. The molecule has 0 heterocycles. The van der Waals surface area contributed by atoms with Gasteiger partial charge in [0.25, 0.3) is 0 Å². The van der Waals surface area contributed by atoms with Crippen molar-refractivity contribution in [2.24, 2.45) is 11.1 Å². The van der Waals surface area contributed by atoms with Gasteiger partial charge in [0.05, 0.1) is 12.6 Å². The maximum atomic E-state index is 12.2. The zero-order valence-corrected chi connectivity index (χ0v) is 11.4. The van der Waals surface area contributed by atoms with Crippen molar-refractivity contribution in [1.82, 2.24) is 4.90 Å². The van der Waals surface area contributed by atoms with Gasteiger partial charge in [-0.3, -0.25) is 4.79 Å². The Hall–Kier alpha value is -0.610. The minimum atomic E-state index is -0.466. The van der Waals surface area contributed by atoms with Crippen molar-refractivity contribution in [3.05, 3.63) is 0 Å². The predicted octanol–water partition coefficient (Wildman–Crippen LogP) is 1.24. The first-order valence-electron chi connectivity index (χ1n) is 5.76. The lowest BCUT2D eigenvalue weighted by atomic mass is 9.86. The number of carbonyl (C=O) groups is 1. The zero-order valence-electron chi connectivity index (χ0n) is 11.4. The molecule has 1 atom stereocenters. The van der Waals surface area contributed by atoms with E-state index < -0.39 is 6.04 Å². The van der Waals surface area contributed by atoms with Crippen molar-refractivity contribution in [3.63, 3.8) is 0 Å². The van der Waals surface area contributed by atoms with Crippen LogP contribution in [0.3, 0.4) is 0 Å². The van der Waals surface area contributed by atoms with E-state index in [1.165, 1.54) is 0 Å². The van der Waals surface area contributed by atoms with Crippen molar-refractivity contribution in [3.8, 4) is 0 Å². The fourth-order valence-electron chi connectivity index (χ4n) is 1.36. The van der Waals surface area contributed by atoms with E-state index in [2.05, 4.69) is 0 Å². The van der Waals surface area contributed by atoms with Crippen LogP contribution in [-0.4, -0.2) is 43.2 Å². The molecular formula is C12H26N2O2. The highest BCUT2D eigenvalue weighted by Gasteiger charge is 2.31. The molecule has 0 aliphatic carbocycles. The molecule has 16 heavy (non-hydrogen) atoms. The van der Waals surface area contributed by atoms with E-state index in [0.717, 1.165) is 0 Å². The van der Waals surface area contributed by atoms with Crippen LogP contribution >= 0.6 is 0 Å². The quantitative estimate of drug-likeness (QED) is 0.773. The molecule has 0 aromatic rings. The summed E-state index contributed by atoms with van der Waals surface area (Å²) < 4.78 is 5.00. The van der Waals surface area contributed by atoms with E-state index in [-0.39, 0.29) is 17.4 Å². The first-order chi connectivity index (χ1) is 7.21. The Kier molecular flexibility index (Phi) is 5.97. The maximum absolute atomic E-state index is 12.2. The summed E-state index contributed by atoms with van der Waals surface area (Å²) in [7, 11) is 1.63. The lowest BCUT2D eigenvalue weighted by Gasteiger charge is -2.34. The largest absolute Gasteiger partial charge is 0.383 e. The molecule has 0 aromatic heterocycles. The van der Waals surface area contributed by atoms with Crippen molar-refractivity contribution in [1.29, 1.82) is 0 Å². The molecule has 4 heteroatoms. The first kappa shape index (κ1) is 15.4. The van der Waals surface area contributed by atoms with Gasteiger partial charge in [-0.25, -0.2) is 0 Å². The van der Waals surface area contributed by atoms with E-state index in [1.54, 1.807) is 12.0 Å². The van der Waals surface area contributed by atoms with Crippen molar-refractivity contribution in [2.75, 3.05) is 20.3 Å². The molecule has 0 bridgehead atoms. The summed E-state index contributed by atoms with van der Waals surface area (Å²) in [5.41, 5.74) is 5.76. The molecule has 0 aliphatic rings. The number of hydrogen-bond acceptors (Lipinski definition) is 3. The Morgan fingerprint density at radius 1 is 1.38 bits per heavy atom. The summed E-state index contributed by atoms with van der Waals surface area (Å²) in [6.07, 6.45) is 0. The van der Waals surface area contributed by atoms with Crippen LogP contribution < -0.4 is 5.73 Å². The van der Waals surface area contributed by atoms with Gasteiger partial charge in [-0.15, -0.1) is 0 Å². The Bertz CT molecular complexity index is 222. The van der Waals surface area contributed by atoms with Crippen molar-refractivity contribution in [2.45, 2.75) is 46.7 Å². The van der Waals surface area contributed by atoms with E-state index in [9.17, 15) is 4.79 Å². The Labute approximate surface area is 99.1 Å². The van der Waals surface area contributed by atoms with Gasteiger partial charge in [0.15, 0.2) is 0 Å². The molecule has 96 valence electrons. The number of hydrogen-bond donors (Lipinski definition) is 1. The van der Waals surface area contributed by atoms with E-state index >= 15 is 0 Å². The zero-order chi connectivity index (χ0) is 12.9. The van der Waals surface area contributed by atoms with Gasteiger partial charge < -0.3 is 15.4 Å². The minimum absolute atomic E-state index is 0.000417. The van der Waals surface area contributed by atoms with Gasteiger partial charge in [-0.2, -0.15) is 0 Å². The van der Waals surface area contributed by atoms with Crippen LogP contribution in [0.2, 0.25) is 0 Å². The maximum Gasteiger partial charge on any atom is 0.240 e. The van der Waals surface area contributed by atoms with Crippen LogP contribution in [-0.2, 0) is 9.53 Å². The average molecular weight is 230 g/mol. The topological polar surface area (TPSA) is 55.6 Å². The third-order valence-electron chi connectivity index (χ3n) is 2.64. The molecule has 4 nitrogen and oxygen atoms in total. The SMILES string of the molecule is COCCN(C(=O)[C@@H](N)C(C)(C)C)C(C)C. The molecule has 2 N–H and O–H groups in total. The molecule has 0 aromatic carbocycles. The molecule has 0 spiro atoms. The van der Waals surface area contributed by atoms with Crippen LogP contribution in [0, 0.1) is 5.41 Å². The third-order valence-corrected chi connectivity index (χ3v) is 2.64. The number of ether oxygens (including phenoxy) is 1. The van der Waals surface area contributed by atoms with Crippen LogP contribution in [0.25, 0.3) is 0 Å². The van der Waals surface area contributed by atoms with E-state index in [0.29, 0.717) is 13.2 Å². The molecule has 0 rings (SSSR count). The molecule has 0 radical (unpaired) electrons. The summed E-state index contributed by atoms with van der Waals surface area (Å²) >= 11 is 0. The van der Waals surface area contributed by atoms with Gasteiger partial charge >= 0.3 is 0 Å². The van der Waals surface area contributed by atoms with Gasteiger partial charge in [0.1, 0.15) is 0 Å². The standard InChI is InChI=1S/C12H26N2O2/c1-9(2)14(7-8-16-6)11(15)10(13)12(3,4)5/h9-10H,7-8,13H2,1-6H3/t10-/m1/s1. The second-order valence-electron chi connectivity index (χ2n) is 5.46. The van der Waals surface area contributed by atoms with Gasteiger partial charge in [-0.05, 0) is 19.3 Å². The smallest absolute Gasteiger partial charge is 0.240 e. The number of amides is 1. The monoisotopic (exact) mass is 230 g/mol. The Morgan fingerprint density at radius 3 is 2.19 bits per heavy atom. The summed E-state index contributed by atoms with van der Waals surface area (Å²) in [5.74, 6) is -0.000417. The molecule has 0 saturated heterocycles. The highest BCUT2D eigenvalue weighted by Crippen LogP contribution is 2.19. The predicted molar refractivity (Wildman–Crippen MR) is 66.2 cm³/mol. The third kappa shape index (κ3) is 4.49. The fraction of sp³-hybridized carbons (Fsp3) is 0.917. The summed E-state index contributed by atoms with van der Waals surface area (Å²) in [5, 5.41) is 0. The lowest BCUT2D eigenvalue weighted by molar-refractivity contribution is -0.137. The number of carbonyl (C=O) groups excluding carboxylic acids is 1. The number of methoxy groups -OCH3 is 1. The molecule has 0 fully saturated rings. The number of nitrogens with two attached hydrogens (primary N) is 1. The van der Waals surface area contributed by atoms with Gasteiger partial charge in [0.2, 0.25) is 5.91 Å². The summed E-state index contributed by atoms with van der Waals surface area (Å²) in [6, 6.07) is -0.317. The number of nitrogens with zero attached hydrogens (tertiary/aromatic N) is 1. The summed E-state index contributed by atoms with van der Waals surface area (Å²) in [6.45, 7) is 11.0. The Balaban J connectivity index is 4.61. The number of rotatable bonds is 5. The van der Waals surface area contributed by atoms with Gasteiger partial charge in [0, 0.05) is 19.7 Å². The lowest BCUT2D eigenvalue weighted by Crippen LogP contribution is -2.53. The van der Waals surface area contributed by atoms with Crippen molar-refractivity contribution >= 4 is 5.91 Å². The van der Waals surface area contributed by atoms with Crippen LogP contribution in [0.1, 0.15) is 34.6 Å². The fourth-order valence-corrected chi connectivity index (χ4v) is 1.36. The molecular weight excluding hydrogens is 204 g/mol. The minimum Gasteiger partial charge on any atom is -0.383 e. The summed E-state index contributed by atoms with van der Waals surface area (Å²) in [4.78, 5) is 14.0. The van der Waals surface area contributed by atoms with Crippen LogP contribution in [0.5, 0.6) is 0 Å².